The van der Waals surface area contributed by atoms with Gasteiger partial charge in [-0.3, -0.25) is 0 Å². The molecule has 1 saturated carbocycles. The molecule has 1 aliphatic carbocycles. The summed E-state index contributed by atoms with van der Waals surface area (Å²) < 4.78 is 53.7. The van der Waals surface area contributed by atoms with Crippen molar-refractivity contribution in [2.45, 2.75) is 48.7 Å². The van der Waals surface area contributed by atoms with Gasteiger partial charge in [0.05, 0.1) is 4.90 Å². The molecular formula is C20H21ClF2O2S. The highest BCUT2D eigenvalue weighted by atomic mass is 35.5. The zero-order valence-electron chi connectivity index (χ0n) is 14.5. The van der Waals surface area contributed by atoms with E-state index in [1.165, 1.54) is 24.3 Å². The monoisotopic (exact) mass is 398 g/mol. The molecule has 1 fully saturated rings. The van der Waals surface area contributed by atoms with Gasteiger partial charge in [-0.05, 0) is 61.2 Å². The molecule has 0 heterocycles. The van der Waals surface area contributed by atoms with Gasteiger partial charge in [0, 0.05) is 10.6 Å². The smallest absolute Gasteiger partial charge is 0.188 e. The first kappa shape index (κ1) is 19.3. The van der Waals surface area contributed by atoms with E-state index in [1.54, 1.807) is 0 Å². The van der Waals surface area contributed by atoms with E-state index in [0.717, 1.165) is 37.5 Å². The lowest BCUT2D eigenvalue weighted by Crippen LogP contribution is -2.25. The highest BCUT2D eigenvalue weighted by Gasteiger charge is 2.65. The van der Waals surface area contributed by atoms with Crippen LogP contribution in [0.4, 0.5) is 8.78 Å². The molecule has 0 aromatic heterocycles. The van der Waals surface area contributed by atoms with Gasteiger partial charge in [-0.2, -0.15) is 0 Å². The number of hydrogen-bond acceptors (Lipinski definition) is 2. The van der Waals surface area contributed by atoms with Crippen LogP contribution in [0.3, 0.4) is 0 Å². The predicted molar refractivity (Wildman–Crippen MR) is 98.9 cm³/mol. The maximum absolute atomic E-state index is 14.5. The Kier molecular flexibility index (Phi) is 5.40. The van der Waals surface area contributed by atoms with Crippen LogP contribution in [-0.2, 0) is 14.6 Å². The van der Waals surface area contributed by atoms with Crippen LogP contribution in [0.25, 0.3) is 0 Å². The zero-order chi connectivity index (χ0) is 18.9. The molecular weight excluding hydrogens is 378 g/mol. The van der Waals surface area contributed by atoms with Gasteiger partial charge in [-0.25, -0.2) is 17.2 Å². The topological polar surface area (TPSA) is 34.1 Å². The Hall–Kier alpha value is -1.46. The van der Waals surface area contributed by atoms with Crippen molar-refractivity contribution in [2.75, 3.05) is 0 Å². The second-order valence-corrected chi connectivity index (χ2v) is 9.51. The Balaban J connectivity index is 2.08. The Bertz CT molecular complexity index is 897. The van der Waals surface area contributed by atoms with E-state index in [9.17, 15) is 17.2 Å². The molecule has 140 valence electrons. The molecule has 3 rings (SSSR count). The summed E-state index contributed by atoms with van der Waals surface area (Å²) in [7, 11) is -3.89. The molecule has 0 aliphatic heterocycles. The van der Waals surface area contributed by atoms with Crippen LogP contribution >= 0.6 is 11.6 Å². The first-order valence-corrected chi connectivity index (χ1v) is 10.6. The first-order valence-electron chi connectivity index (χ1n) is 8.78. The van der Waals surface area contributed by atoms with Crippen LogP contribution in [-0.4, -0.2) is 8.42 Å². The number of rotatable bonds is 7. The van der Waals surface area contributed by atoms with E-state index in [-0.39, 0.29) is 16.4 Å². The average Bonchev–Trinajstić information content (AvgIpc) is 3.34. The number of halogens is 3. The van der Waals surface area contributed by atoms with Crippen molar-refractivity contribution in [3.63, 3.8) is 0 Å². The van der Waals surface area contributed by atoms with E-state index in [2.05, 4.69) is 6.92 Å². The maximum atomic E-state index is 14.5. The van der Waals surface area contributed by atoms with Crippen molar-refractivity contribution >= 4 is 21.4 Å². The molecule has 2 atom stereocenters. The molecule has 0 spiro atoms. The van der Waals surface area contributed by atoms with E-state index >= 15 is 0 Å². The average molecular weight is 399 g/mol. The molecule has 26 heavy (non-hydrogen) atoms. The molecule has 0 bridgehead atoms. The third-order valence-corrected chi connectivity index (χ3v) is 8.02. The quantitative estimate of drug-likeness (QED) is 0.545. The summed E-state index contributed by atoms with van der Waals surface area (Å²) in [5.74, 6) is -1.53. The molecule has 2 aromatic rings. The number of sulfone groups is 1. The molecule has 0 radical (unpaired) electrons. The summed E-state index contributed by atoms with van der Waals surface area (Å²) in [6.07, 6.45) is 3.85. The summed E-state index contributed by atoms with van der Waals surface area (Å²) in [5.41, 5.74) is -0.0612. The van der Waals surface area contributed by atoms with Crippen LogP contribution in [0.1, 0.15) is 44.6 Å². The molecule has 2 unspecified atom stereocenters. The molecule has 2 aromatic carbocycles. The third kappa shape index (κ3) is 3.27. The predicted octanol–water partition coefficient (Wildman–Crippen LogP) is 5.89. The van der Waals surface area contributed by atoms with E-state index < -0.39 is 26.2 Å². The fourth-order valence-corrected chi connectivity index (χ4v) is 6.20. The second-order valence-electron chi connectivity index (χ2n) is 6.87. The second kappa shape index (κ2) is 7.28. The van der Waals surface area contributed by atoms with Crippen molar-refractivity contribution in [3.05, 3.63) is 64.7 Å². The van der Waals surface area contributed by atoms with Crippen LogP contribution in [0.2, 0.25) is 5.02 Å². The SMILES string of the molecule is CCCCCC1CC1(c1cc(F)ccc1F)S(=O)(=O)c1ccc(Cl)cc1. The van der Waals surface area contributed by atoms with Crippen molar-refractivity contribution < 1.29 is 17.2 Å². The van der Waals surface area contributed by atoms with E-state index in [1.807, 2.05) is 0 Å². The number of unbranched alkanes of at least 4 members (excludes halogenated alkanes) is 2. The lowest BCUT2D eigenvalue weighted by molar-refractivity contribution is 0.531. The largest absolute Gasteiger partial charge is 0.223 e. The molecule has 0 saturated heterocycles. The minimum Gasteiger partial charge on any atom is -0.223 e. The minimum absolute atomic E-state index is 0.0612. The van der Waals surface area contributed by atoms with Gasteiger partial charge in [-0.1, -0.05) is 37.8 Å². The summed E-state index contributed by atoms with van der Waals surface area (Å²) in [4.78, 5) is 0.0866. The molecule has 1 aliphatic rings. The Labute approximate surface area is 158 Å². The standard InChI is InChI=1S/C20H21ClF2O2S/c1-2-3-4-5-14-13-20(14,18-12-16(22)8-11-19(18)23)26(24,25)17-9-6-15(21)7-10-17/h6-12,14H,2-5,13H2,1H3. The first-order chi connectivity index (χ1) is 12.3. The van der Waals surface area contributed by atoms with Crippen LogP contribution in [0.5, 0.6) is 0 Å². The molecule has 6 heteroatoms. The highest BCUT2D eigenvalue weighted by Crippen LogP contribution is 2.62. The van der Waals surface area contributed by atoms with Gasteiger partial charge in [0.25, 0.3) is 0 Å². The molecule has 2 nitrogen and oxygen atoms in total. The van der Waals surface area contributed by atoms with Crippen LogP contribution in [0.15, 0.2) is 47.4 Å². The normalized spacial score (nSPS) is 22.4. The van der Waals surface area contributed by atoms with Gasteiger partial charge < -0.3 is 0 Å². The van der Waals surface area contributed by atoms with Gasteiger partial charge in [0.2, 0.25) is 0 Å². The maximum Gasteiger partial charge on any atom is 0.188 e. The van der Waals surface area contributed by atoms with Gasteiger partial charge in [-0.15, -0.1) is 0 Å². The lowest BCUT2D eigenvalue weighted by Gasteiger charge is -2.20. The zero-order valence-corrected chi connectivity index (χ0v) is 16.1. The third-order valence-electron chi connectivity index (χ3n) is 5.19. The van der Waals surface area contributed by atoms with E-state index in [4.69, 9.17) is 11.6 Å². The lowest BCUT2D eigenvalue weighted by atomic mass is 10.0. The van der Waals surface area contributed by atoms with Crippen molar-refractivity contribution in [2.24, 2.45) is 5.92 Å². The Morgan fingerprint density at radius 2 is 1.81 bits per heavy atom. The summed E-state index contributed by atoms with van der Waals surface area (Å²) in [6, 6.07) is 8.90. The minimum atomic E-state index is -3.89. The fraction of sp³-hybridized carbons (Fsp3) is 0.400. The van der Waals surface area contributed by atoms with Crippen LogP contribution < -0.4 is 0 Å². The van der Waals surface area contributed by atoms with Crippen molar-refractivity contribution in [1.29, 1.82) is 0 Å². The number of benzene rings is 2. The Morgan fingerprint density at radius 1 is 1.12 bits per heavy atom. The number of hydrogen-bond donors (Lipinski definition) is 0. The van der Waals surface area contributed by atoms with Crippen LogP contribution in [0, 0.1) is 17.6 Å². The van der Waals surface area contributed by atoms with E-state index in [0.29, 0.717) is 17.9 Å². The highest BCUT2D eigenvalue weighted by molar-refractivity contribution is 7.92. The Morgan fingerprint density at radius 3 is 2.46 bits per heavy atom. The van der Waals surface area contributed by atoms with Gasteiger partial charge >= 0.3 is 0 Å². The summed E-state index contributed by atoms with van der Waals surface area (Å²) in [5, 5.41) is 0.422. The molecule has 0 N–H and O–H groups in total. The van der Waals surface area contributed by atoms with Gasteiger partial charge in [0.1, 0.15) is 16.4 Å². The fourth-order valence-electron chi connectivity index (χ4n) is 3.73. The van der Waals surface area contributed by atoms with Crippen molar-refractivity contribution in [1.82, 2.24) is 0 Å². The molecule has 0 amide bonds. The summed E-state index contributed by atoms with van der Waals surface area (Å²) >= 11 is 5.86. The summed E-state index contributed by atoms with van der Waals surface area (Å²) in [6.45, 7) is 2.07. The van der Waals surface area contributed by atoms with Gasteiger partial charge in [0.15, 0.2) is 9.84 Å². The van der Waals surface area contributed by atoms with Crippen molar-refractivity contribution in [3.8, 4) is 0 Å².